The topological polar surface area (TPSA) is 64.3 Å². The van der Waals surface area contributed by atoms with E-state index in [1.54, 1.807) is 14.0 Å². The van der Waals surface area contributed by atoms with Crippen molar-refractivity contribution in [2.45, 2.75) is 19.4 Å². The normalized spacial score (nSPS) is 11.9. The summed E-state index contributed by atoms with van der Waals surface area (Å²) in [5.74, 6) is 0.719. The van der Waals surface area contributed by atoms with Gasteiger partial charge < -0.3 is 15.8 Å². The van der Waals surface area contributed by atoms with Gasteiger partial charge in [0.1, 0.15) is 5.75 Å². The molecule has 0 aliphatic rings. The van der Waals surface area contributed by atoms with Gasteiger partial charge >= 0.3 is 0 Å². The summed E-state index contributed by atoms with van der Waals surface area (Å²) >= 11 is 0. The standard InChI is InChI=1S/C12H18N2O2/c1-9(13)12(15)14-8-7-10-3-5-11(16-2)6-4-10/h3-6,9H,7-8,13H2,1-2H3,(H,14,15)/t9-/m0/s1. The maximum Gasteiger partial charge on any atom is 0.236 e. The monoisotopic (exact) mass is 222 g/mol. The van der Waals surface area contributed by atoms with Crippen molar-refractivity contribution >= 4 is 5.91 Å². The Morgan fingerprint density at radius 2 is 2.06 bits per heavy atom. The van der Waals surface area contributed by atoms with Crippen LogP contribution >= 0.6 is 0 Å². The van der Waals surface area contributed by atoms with E-state index in [9.17, 15) is 4.79 Å². The first kappa shape index (κ1) is 12.5. The first-order chi connectivity index (χ1) is 7.63. The van der Waals surface area contributed by atoms with Crippen molar-refractivity contribution in [1.29, 1.82) is 0 Å². The number of nitrogens with one attached hydrogen (secondary N) is 1. The van der Waals surface area contributed by atoms with Crippen molar-refractivity contribution in [3.05, 3.63) is 29.8 Å². The van der Waals surface area contributed by atoms with Gasteiger partial charge in [-0.3, -0.25) is 4.79 Å². The van der Waals surface area contributed by atoms with Gasteiger partial charge in [-0.1, -0.05) is 12.1 Å². The highest BCUT2D eigenvalue weighted by Gasteiger charge is 2.05. The highest BCUT2D eigenvalue weighted by molar-refractivity contribution is 5.80. The molecule has 0 spiro atoms. The summed E-state index contributed by atoms with van der Waals surface area (Å²) < 4.78 is 5.06. The lowest BCUT2D eigenvalue weighted by Gasteiger charge is -2.07. The Labute approximate surface area is 95.8 Å². The molecule has 0 radical (unpaired) electrons. The minimum absolute atomic E-state index is 0.117. The molecule has 0 aliphatic carbocycles. The van der Waals surface area contributed by atoms with Crippen LogP contribution in [0.25, 0.3) is 0 Å². The van der Waals surface area contributed by atoms with E-state index >= 15 is 0 Å². The number of benzene rings is 1. The van der Waals surface area contributed by atoms with Crippen molar-refractivity contribution in [2.75, 3.05) is 13.7 Å². The zero-order chi connectivity index (χ0) is 12.0. The molecule has 1 aromatic carbocycles. The summed E-state index contributed by atoms with van der Waals surface area (Å²) in [6, 6.07) is 7.33. The molecule has 0 unspecified atom stereocenters. The van der Waals surface area contributed by atoms with Crippen LogP contribution in [0.15, 0.2) is 24.3 Å². The molecule has 0 fully saturated rings. The third-order valence-electron chi connectivity index (χ3n) is 2.29. The predicted molar refractivity (Wildman–Crippen MR) is 63.4 cm³/mol. The maximum atomic E-state index is 11.2. The SMILES string of the molecule is COc1ccc(CCNC(=O)[C@H](C)N)cc1. The Kier molecular flexibility index (Phi) is 4.79. The van der Waals surface area contributed by atoms with Crippen LogP contribution in [-0.4, -0.2) is 25.6 Å². The highest BCUT2D eigenvalue weighted by Crippen LogP contribution is 2.11. The van der Waals surface area contributed by atoms with Crippen LogP contribution in [0, 0.1) is 0 Å². The molecule has 16 heavy (non-hydrogen) atoms. The van der Waals surface area contributed by atoms with E-state index in [0.29, 0.717) is 6.54 Å². The third kappa shape index (κ3) is 3.90. The largest absolute Gasteiger partial charge is 0.497 e. The molecule has 4 heteroatoms. The summed E-state index contributed by atoms with van der Waals surface area (Å²) in [6.45, 7) is 2.27. The average Bonchev–Trinajstić information content (AvgIpc) is 2.29. The lowest BCUT2D eigenvalue weighted by molar-refractivity contribution is -0.121. The Morgan fingerprint density at radius 1 is 1.44 bits per heavy atom. The molecular weight excluding hydrogens is 204 g/mol. The Morgan fingerprint density at radius 3 is 2.56 bits per heavy atom. The van der Waals surface area contributed by atoms with E-state index in [1.807, 2.05) is 24.3 Å². The minimum atomic E-state index is -0.448. The van der Waals surface area contributed by atoms with Gasteiger partial charge in [0.25, 0.3) is 0 Å². The van der Waals surface area contributed by atoms with Gasteiger partial charge in [0.2, 0.25) is 5.91 Å². The van der Waals surface area contributed by atoms with Crippen LogP contribution in [0.4, 0.5) is 0 Å². The number of carbonyl (C=O) groups excluding carboxylic acids is 1. The summed E-state index contributed by atoms with van der Waals surface area (Å²) in [6.07, 6.45) is 0.794. The first-order valence-electron chi connectivity index (χ1n) is 5.29. The summed E-state index contributed by atoms with van der Waals surface area (Å²) in [5, 5.41) is 2.76. The van der Waals surface area contributed by atoms with Crippen LogP contribution in [0.1, 0.15) is 12.5 Å². The Bertz CT molecular complexity index is 333. The molecule has 0 saturated heterocycles. The van der Waals surface area contributed by atoms with Crippen LogP contribution in [-0.2, 0) is 11.2 Å². The fourth-order valence-corrected chi connectivity index (χ4v) is 1.28. The highest BCUT2D eigenvalue weighted by atomic mass is 16.5. The fraction of sp³-hybridized carbons (Fsp3) is 0.417. The predicted octanol–water partition coefficient (Wildman–Crippen LogP) is 0.701. The van der Waals surface area contributed by atoms with E-state index in [-0.39, 0.29) is 5.91 Å². The van der Waals surface area contributed by atoms with Crippen molar-refractivity contribution in [2.24, 2.45) is 5.73 Å². The van der Waals surface area contributed by atoms with Gasteiger partial charge in [-0.25, -0.2) is 0 Å². The number of hydrogen-bond donors (Lipinski definition) is 2. The fourth-order valence-electron chi connectivity index (χ4n) is 1.28. The van der Waals surface area contributed by atoms with Crippen LogP contribution in [0.2, 0.25) is 0 Å². The Hall–Kier alpha value is -1.55. The summed E-state index contributed by atoms with van der Waals surface area (Å²) in [7, 11) is 1.64. The summed E-state index contributed by atoms with van der Waals surface area (Å²) in [5.41, 5.74) is 6.58. The molecule has 0 aromatic heterocycles. The van der Waals surface area contributed by atoms with Crippen molar-refractivity contribution in [3.8, 4) is 5.75 Å². The number of rotatable bonds is 5. The smallest absolute Gasteiger partial charge is 0.236 e. The molecule has 0 saturated carbocycles. The maximum absolute atomic E-state index is 11.2. The van der Waals surface area contributed by atoms with Crippen LogP contribution in [0.5, 0.6) is 5.75 Å². The number of amides is 1. The van der Waals surface area contributed by atoms with E-state index in [2.05, 4.69) is 5.32 Å². The third-order valence-corrected chi connectivity index (χ3v) is 2.29. The molecule has 88 valence electrons. The molecular formula is C12H18N2O2. The van der Waals surface area contributed by atoms with Crippen LogP contribution in [0.3, 0.4) is 0 Å². The Balaban J connectivity index is 2.34. The molecule has 4 nitrogen and oxygen atoms in total. The lowest BCUT2D eigenvalue weighted by atomic mass is 10.1. The zero-order valence-corrected chi connectivity index (χ0v) is 9.69. The van der Waals surface area contributed by atoms with Crippen molar-refractivity contribution in [3.63, 3.8) is 0 Å². The molecule has 0 heterocycles. The van der Waals surface area contributed by atoms with Gasteiger partial charge in [-0.2, -0.15) is 0 Å². The minimum Gasteiger partial charge on any atom is -0.497 e. The zero-order valence-electron chi connectivity index (χ0n) is 9.69. The van der Waals surface area contributed by atoms with Gasteiger partial charge in [0.05, 0.1) is 13.2 Å². The molecule has 1 rings (SSSR count). The second kappa shape index (κ2) is 6.12. The molecule has 1 atom stereocenters. The number of ether oxygens (including phenoxy) is 1. The van der Waals surface area contributed by atoms with Gasteiger partial charge in [-0.05, 0) is 31.0 Å². The quantitative estimate of drug-likeness (QED) is 0.771. The second-order valence-electron chi connectivity index (χ2n) is 3.68. The van der Waals surface area contributed by atoms with Gasteiger partial charge in [-0.15, -0.1) is 0 Å². The average molecular weight is 222 g/mol. The molecule has 0 aliphatic heterocycles. The number of carbonyl (C=O) groups is 1. The van der Waals surface area contributed by atoms with Crippen molar-refractivity contribution < 1.29 is 9.53 Å². The van der Waals surface area contributed by atoms with E-state index in [0.717, 1.165) is 17.7 Å². The van der Waals surface area contributed by atoms with Gasteiger partial charge in [0.15, 0.2) is 0 Å². The number of hydrogen-bond acceptors (Lipinski definition) is 3. The molecule has 0 bridgehead atoms. The van der Waals surface area contributed by atoms with Crippen LogP contribution < -0.4 is 15.8 Å². The molecule has 3 N–H and O–H groups in total. The first-order valence-corrected chi connectivity index (χ1v) is 5.29. The van der Waals surface area contributed by atoms with E-state index < -0.39 is 6.04 Å². The second-order valence-corrected chi connectivity index (χ2v) is 3.68. The summed E-state index contributed by atoms with van der Waals surface area (Å²) in [4.78, 5) is 11.2. The number of methoxy groups -OCH3 is 1. The van der Waals surface area contributed by atoms with E-state index in [4.69, 9.17) is 10.5 Å². The molecule has 1 amide bonds. The molecule has 1 aromatic rings. The number of nitrogens with two attached hydrogens (primary N) is 1. The van der Waals surface area contributed by atoms with Crippen molar-refractivity contribution in [1.82, 2.24) is 5.32 Å². The van der Waals surface area contributed by atoms with E-state index in [1.165, 1.54) is 0 Å². The lowest BCUT2D eigenvalue weighted by Crippen LogP contribution is -2.39. The van der Waals surface area contributed by atoms with Gasteiger partial charge in [0, 0.05) is 6.54 Å².